The Hall–Kier alpha value is -1.28. The molecule has 1 aromatic carbocycles. The number of rotatable bonds is 11. The van der Waals surface area contributed by atoms with Crippen molar-refractivity contribution < 1.29 is 9.47 Å². The van der Waals surface area contributed by atoms with Crippen molar-refractivity contribution in [1.29, 1.82) is 0 Å². The van der Waals surface area contributed by atoms with E-state index in [9.17, 15) is 0 Å². The van der Waals surface area contributed by atoms with Gasteiger partial charge < -0.3 is 9.47 Å². The van der Waals surface area contributed by atoms with E-state index in [0.717, 1.165) is 25.0 Å². The molecule has 0 radical (unpaired) electrons. The molecule has 2 heteroatoms. The lowest BCUT2D eigenvalue weighted by atomic mass is 9.96. The number of epoxide rings is 1. The summed E-state index contributed by atoms with van der Waals surface area (Å²) in [4.78, 5) is 0. The summed E-state index contributed by atoms with van der Waals surface area (Å²) in [5.74, 6) is 0.949. The summed E-state index contributed by atoms with van der Waals surface area (Å²) < 4.78 is 11.7. The molecule has 1 aliphatic rings. The van der Waals surface area contributed by atoms with Gasteiger partial charge in [0.15, 0.2) is 0 Å². The fourth-order valence-electron chi connectivity index (χ4n) is 3.16. The topological polar surface area (TPSA) is 21.8 Å². The molecule has 24 heavy (non-hydrogen) atoms. The highest BCUT2D eigenvalue weighted by Gasteiger charge is 2.50. The molecular formula is C22H34O2. The van der Waals surface area contributed by atoms with Gasteiger partial charge in [-0.15, -0.1) is 0 Å². The van der Waals surface area contributed by atoms with E-state index in [-0.39, 0.29) is 5.60 Å². The van der Waals surface area contributed by atoms with Crippen LogP contribution >= 0.6 is 0 Å². The third kappa shape index (κ3) is 5.98. The Bertz CT molecular complexity index is 517. The maximum atomic E-state index is 5.94. The molecular weight excluding hydrogens is 296 g/mol. The molecule has 1 fully saturated rings. The number of aryl methyl sites for hydroxylation is 1. The number of unbranched alkanes of at least 4 members (excludes halogenated alkanes) is 2. The zero-order chi connectivity index (χ0) is 17.4. The lowest BCUT2D eigenvalue weighted by Gasteiger charge is -2.07. The van der Waals surface area contributed by atoms with E-state index in [1.807, 2.05) is 0 Å². The van der Waals surface area contributed by atoms with Crippen molar-refractivity contribution in [1.82, 2.24) is 0 Å². The summed E-state index contributed by atoms with van der Waals surface area (Å²) in [6.45, 7) is 9.54. The van der Waals surface area contributed by atoms with Crippen LogP contribution in [-0.2, 0) is 11.2 Å². The SMILES string of the molecule is CCCCCC1(C)OC1CCC(C)=CCOc1ccc(CC)cc1. The highest BCUT2D eigenvalue weighted by Crippen LogP contribution is 2.43. The van der Waals surface area contributed by atoms with Crippen molar-refractivity contribution in [3.05, 3.63) is 41.5 Å². The van der Waals surface area contributed by atoms with Crippen molar-refractivity contribution in [2.45, 2.75) is 84.3 Å². The second kappa shape index (κ2) is 9.27. The van der Waals surface area contributed by atoms with E-state index >= 15 is 0 Å². The van der Waals surface area contributed by atoms with Crippen molar-refractivity contribution >= 4 is 0 Å². The summed E-state index contributed by atoms with van der Waals surface area (Å²) in [6.07, 6.45) is 11.1. The van der Waals surface area contributed by atoms with Crippen LogP contribution in [0.3, 0.4) is 0 Å². The van der Waals surface area contributed by atoms with Crippen LogP contribution < -0.4 is 4.74 Å². The number of hydrogen-bond acceptors (Lipinski definition) is 2. The minimum atomic E-state index is 0.160. The van der Waals surface area contributed by atoms with Gasteiger partial charge in [-0.2, -0.15) is 0 Å². The van der Waals surface area contributed by atoms with Gasteiger partial charge in [0, 0.05) is 0 Å². The molecule has 1 aromatic rings. The summed E-state index contributed by atoms with van der Waals surface area (Å²) in [5.41, 5.74) is 2.90. The number of benzene rings is 1. The van der Waals surface area contributed by atoms with Gasteiger partial charge in [0.2, 0.25) is 0 Å². The first-order chi connectivity index (χ1) is 11.6. The molecule has 2 atom stereocenters. The van der Waals surface area contributed by atoms with Gasteiger partial charge in [0.05, 0.1) is 11.7 Å². The van der Waals surface area contributed by atoms with Gasteiger partial charge in [-0.1, -0.05) is 50.8 Å². The Balaban J connectivity index is 1.64. The minimum absolute atomic E-state index is 0.160. The second-order valence-electron chi connectivity index (χ2n) is 7.27. The van der Waals surface area contributed by atoms with Crippen LogP contribution in [0.5, 0.6) is 5.75 Å². The van der Waals surface area contributed by atoms with Gasteiger partial charge >= 0.3 is 0 Å². The predicted molar refractivity (Wildman–Crippen MR) is 102 cm³/mol. The molecule has 0 aromatic heterocycles. The Morgan fingerprint density at radius 1 is 1.21 bits per heavy atom. The van der Waals surface area contributed by atoms with Gasteiger partial charge in [-0.05, 0) is 63.3 Å². The molecule has 1 saturated heterocycles. The predicted octanol–water partition coefficient (Wildman–Crippen LogP) is 6.09. The van der Waals surface area contributed by atoms with E-state index in [1.54, 1.807) is 0 Å². The van der Waals surface area contributed by atoms with Crippen molar-refractivity contribution in [3.63, 3.8) is 0 Å². The molecule has 1 heterocycles. The Kier molecular flexibility index (Phi) is 7.36. The molecule has 1 aliphatic heterocycles. The number of hydrogen-bond donors (Lipinski definition) is 0. The molecule has 2 rings (SSSR count). The van der Waals surface area contributed by atoms with Gasteiger partial charge in [0.1, 0.15) is 12.4 Å². The molecule has 2 unspecified atom stereocenters. The van der Waals surface area contributed by atoms with E-state index in [4.69, 9.17) is 9.47 Å². The van der Waals surface area contributed by atoms with Crippen LogP contribution in [0.25, 0.3) is 0 Å². The summed E-state index contributed by atoms with van der Waals surface area (Å²) in [5, 5.41) is 0. The fraction of sp³-hybridized carbons (Fsp3) is 0.636. The fourth-order valence-corrected chi connectivity index (χ4v) is 3.16. The molecule has 0 spiro atoms. The standard InChI is InChI=1S/C22H34O2/c1-5-7-8-16-22(4)21(24-22)14-9-18(3)15-17-23-20-12-10-19(6-2)11-13-20/h10-13,15,21H,5-9,14,16-17H2,1-4H3. The maximum absolute atomic E-state index is 5.94. The largest absolute Gasteiger partial charge is 0.490 e. The van der Waals surface area contributed by atoms with Crippen LogP contribution in [0.4, 0.5) is 0 Å². The first-order valence-corrected chi connectivity index (χ1v) is 9.62. The Morgan fingerprint density at radius 3 is 2.62 bits per heavy atom. The van der Waals surface area contributed by atoms with Crippen molar-refractivity contribution in [2.75, 3.05) is 6.61 Å². The van der Waals surface area contributed by atoms with Crippen LogP contribution in [0.2, 0.25) is 0 Å². The van der Waals surface area contributed by atoms with E-state index in [0.29, 0.717) is 12.7 Å². The quantitative estimate of drug-likeness (QED) is 0.278. The van der Waals surface area contributed by atoms with Gasteiger partial charge in [-0.25, -0.2) is 0 Å². The summed E-state index contributed by atoms with van der Waals surface area (Å²) in [6, 6.07) is 8.38. The lowest BCUT2D eigenvalue weighted by Crippen LogP contribution is -2.09. The monoisotopic (exact) mass is 330 g/mol. The van der Waals surface area contributed by atoms with Gasteiger partial charge in [0.25, 0.3) is 0 Å². The van der Waals surface area contributed by atoms with Crippen LogP contribution in [0.15, 0.2) is 35.9 Å². The third-order valence-electron chi connectivity index (χ3n) is 5.13. The highest BCUT2D eigenvalue weighted by atomic mass is 16.6. The van der Waals surface area contributed by atoms with E-state index in [2.05, 4.69) is 58.0 Å². The third-order valence-corrected chi connectivity index (χ3v) is 5.13. The van der Waals surface area contributed by atoms with Gasteiger partial charge in [-0.3, -0.25) is 0 Å². The molecule has 2 nitrogen and oxygen atoms in total. The number of allylic oxidation sites excluding steroid dienone is 1. The maximum Gasteiger partial charge on any atom is 0.119 e. The van der Waals surface area contributed by atoms with Crippen LogP contribution in [0.1, 0.15) is 71.8 Å². The molecule has 0 bridgehead atoms. The summed E-state index contributed by atoms with van der Waals surface area (Å²) >= 11 is 0. The minimum Gasteiger partial charge on any atom is -0.490 e. The normalized spacial score (nSPS) is 23.3. The van der Waals surface area contributed by atoms with Crippen LogP contribution in [-0.4, -0.2) is 18.3 Å². The average molecular weight is 331 g/mol. The molecule has 0 saturated carbocycles. The average Bonchev–Trinajstić information content (AvgIpc) is 3.24. The molecule has 0 aliphatic carbocycles. The second-order valence-corrected chi connectivity index (χ2v) is 7.27. The molecule has 134 valence electrons. The molecule has 0 amide bonds. The zero-order valence-corrected chi connectivity index (χ0v) is 15.9. The van der Waals surface area contributed by atoms with Crippen LogP contribution in [0, 0.1) is 0 Å². The Morgan fingerprint density at radius 2 is 1.96 bits per heavy atom. The van der Waals surface area contributed by atoms with E-state index in [1.165, 1.54) is 36.8 Å². The lowest BCUT2D eigenvalue weighted by molar-refractivity contribution is 0.288. The number of ether oxygens (including phenoxy) is 2. The van der Waals surface area contributed by atoms with Crippen molar-refractivity contribution in [3.8, 4) is 5.75 Å². The summed E-state index contributed by atoms with van der Waals surface area (Å²) in [7, 11) is 0. The van der Waals surface area contributed by atoms with E-state index < -0.39 is 0 Å². The smallest absolute Gasteiger partial charge is 0.119 e. The zero-order valence-electron chi connectivity index (χ0n) is 15.9. The first-order valence-electron chi connectivity index (χ1n) is 9.62. The Labute approximate surface area is 148 Å². The molecule has 0 N–H and O–H groups in total. The first kappa shape index (κ1) is 19.1. The van der Waals surface area contributed by atoms with Crippen molar-refractivity contribution in [2.24, 2.45) is 0 Å². The highest BCUT2D eigenvalue weighted by molar-refractivity contribution is 5.27.